The molecule has 0 saturated carbocycles. The van der Waals surface area contributed by atoms with E-state index < -0.39 is 100 Å². The third-order valence-corrected chi connectivity index (χ3v) is 8.62. The van der Waals surface area contributed by atoms with Crippen molar-refractivity contribution in [1.29, 1.82) is 0 Å². The first-order chi connectivity index (χ1) is 25.3. The molecule has 0 aliphatic heterocycles. The summed E-state index contributed by atoms with van der Waals surface area (Å²) in [4.78, 5) is 48.9. The average Bonchev–Trinajstić information content (AvgIpc) is 3.08. The molecular formula is C33H29F8N7O5S. The second-order valence-corrected chi connectivity index (χ2v) is 13.0. The molecule has 3 N–H and O–H groups in total. The molecule has 0 aliphatic rings. The van der Waals surface area contributed by atoms with Crippen LogP contribution < -0.4 is 24.6 Å². The minimum atomic E-state index is -5.13. The SMILES string of the molecule is CN(C(=O)[C@H](Cc1cc(F)cc(F)c1)NC(=O)NS(=O)(=O)N[C@@H](Cc1cc(F)cc(F)c1)C(=O)N(C)c1ccc(C(F)F)nc1)c1ccc(C(F)F)nc1. The van der Waals surface area contributed by atoms with Gasteiger partial charge in [-0.15, -0.1) is 0 Å². The quantitative estimate of drug-likeness (QED) is 0.154. The zero-order valence-corrected chi connectivity index (χ0v) is 28.7. The van der Waals surface area contributed by atoms with E-state index in [2.05, 4.69) is 15.3 Å². The summed E-state index contributed by atoms with van der Waals surface area (Å²) in [5.74, 6) is -6.38. The molecule has 0 unspecified atom stereocenters. The summed E-state index contributed by atoms with van der Waals surface area (Å²) in [6.45, 7) is 0. The summed E-state index contributed by atoms with van der Waals surface area (Å²) in [7, 11) is -2.86. The van der Waals surface area contributed by atoms with E-state index in [1.165, 1.54) is 4.72 Å². The van der Waals surface area contributed by atoms with Gasteiger partial charge in [0.2, 0.25) is 11.8 Å². The molecule has 0 spiro atoms. The van der Waals surface area contributed by atoms with Gasteiger partial charge in [-0.05, 0) is 66.1 Å². The monoisotopic (exact) mass is 787 g/mol. The van der Waals surface area contributed by atoms with Crippen molar-refractivity contribution < 1.29 is 57.9 Å². The Kier molecular flexibility index (Phi) is 13.2. The lowest BCUT2D eigenvalue weighted by Crippen LogP contribution is -2.57. The van der Waals surface area contributed by atoms with E-state index in [0.29, 0.717) is 12.1 Å². The van der Waals surface area contributed by atoms with E-state index in [-0.39, 0.29) is 22.5 Å². The number of benzene rings is 2. The third-order valence-electron chi connectivity index (χ3n) is 7.57. The first kappa shape index (κ1) is 41.1. The maximum absolute atomic E-state index is 14.0. The molecular weight excluding hydrogens is 758 g/mol. The predicted octanol–water partition coefficient (Wildman–Crippen LogP) is 4.89. The number of halogens is 8. The number of hydrogen-bond acceptors (Lipinski definition) is 7. The number of aromatic nitrogens is 2. The first-order valence-electron chi connectivity index (χ1n) is 15.4. The van der Waals surface area contributed by atoms with E-state index in [1.807, 2.05) is 4.72 Å². The normalized spacial score (nSPS) is 12.7. The van der Waals surface area contributed by atoms with Gasteiger partial charge in [0.05, 0.1) is 23.8 Å². The highest BCUT2D eigenvalue weighted by Gasteiger charge is 2.32. The second kappa shape index (κ2) is 17.4. The van der Waals surface area contributed by atoms with Crippen molar-refractivity contribution in [2.45, 2.75) is 37.8 Å². The van der Waals surface area contributed by atoms with Crippen LogP contribution in [0.4, 0.5) is 51.3 Å². The van der Waals surface area contributed by atoms with E-state index in [0.717, 1.165) is 84.8 Å². The summed E-state index contributed by atoms with van der Waals surface area (Å²) in [6, 6.07) is 3.00. The van der Waals surface area contributed by atoms with Crippen molar-refractivity contribution >= 4 is 39.4 Å². The first-order valence-corrected chi connectivity index (χ1v) is 16.8. The highest BCUT2D eigenvalue weighted by molar-refractivity contribution is 7.88. The van der Waals surface area contributed by atoms with E-state index >= 15 is 0 Å². The highest BCUT2D eigenvalue weighted by atomic mass is 32.2. The Morgan fingerprint density at radius 2 is 1.04 bits per heavy atom. The molecule has 21 heteroatoms. The van der Waals surface area contributed by atoms with Crippen molar-refractivity contribution in [2.75, 3.05) is 23.9 Å². The van der Waals surface area contributed by atoms with Crippen LogP contribution in [0, 0.1) is 23.3 Å². The smallest absolute Gasteiger partial charge is 0.325 e. The molecule has 2 aromatic heterocycles. The van der Waals surface area contributed by atoms with Crippen molar-refractivity contribution in [3.63, 3.8) is 0 Å². The van der Waals surface area contributed by atoms with Gasteiger partial charge in [-0.3, -0.25) is 19.6 Å². The molecule has 2 aromatic carbocycles. The fraction of sp³-hybridized carbons (Fsp3) is 0.242. The number of rotatable bonds is 14. The maximum atomic E-state index is 14.0. The molecule has 4 rings (SSSR count). The topological polar surface area (TPSA) is 154 Å². The fourth-order valence-electron chi connectivity index (χ4n) is 5.01. The van der Waals surface area contributed by atoms with Crippen molar-refractivity contribution in [1.82, 2.24) is 24.7 Å². The number of carbonyl (C=O) groups excluding carboxylic acids is 3. The Balaban J connectivity index is 1.59. The number of pyridine rings is 2. The number of amides is 4. The molecule has 0 saturated heterocycles. The number of hydrogen-bond donors (Lipinski definition) is 3. The van der Waals surface area contributed by atoms with Gasteiger partial charge in [-0.2, -0.15) is 13.1 Å². The Morgan fingerprint density at radius 1 is 0.648 bits per heavy atom. The van der Waals surface area contributed by atoms with Crippen LogP contribution in [0.1, 0.15) is 35.4 Å². The molecule has 4 amide bonds. The maximum Gasteiger partial charge on any atom is 0.330 e. The highest BCUT2D eigenvalue weighted by Crippen LogP contribution is 2.22. The van der Waals surface area contributed by atoms with Crippen molar-refractivity contribution in [2.24, 2.45) is 0 Å². The van der Waals surface area contributed by atoms with Gasteiger partial charge < -0.3 is 15.1 Å². The average molecular weight is 788 g/mol. The lowest BCUT2D eigenvalue weighted by atomic mass is 10.0. The van der Waals surface area contributed by atoms with E-state index in [1.54, 1.807) is 0 Å². The van der Waals surface area contributed by atoms with Gasteiger partial charge in [0.1, 0.15) is 46.7 Å². The molecule has 54 heavy (non-hydrogen) atoms. The summed E-state index contributed by atoms with van der Waals surface area (Å²) >= 11 is 0. The Morgan fingerprint density at radius 3 is 1.41 bits per heavy atom. The summed E-state index contributed by atoms with van der Waals surface area (Å²) < 4.78 is 138. The Labute approximate surface area is 302 Å². The second-order valence-electron chi connectivity index (χ2n) is 11.5. The molecule has 0 bridgehead atoms. The van der Waals surface area contributed by atoms with Crippen LogP contribution in [0.2, 0.25) is 0 Å². The largest absolute Gasteiger partial charge is 0.330 e. The zero-order valence-electron chi connectivity index (χ0n) is 27.9. The summed E-state index contributed by atoms with van der Waals surface area (Å²) in [5, 5.41) is 2.06. The number of carbonyl (C=O) groups is 3. The van der Waals surface area contributed by atoms with E-state index in [4.69, 9.17) is 0 Å². The molecule has 12 nitrogen and oxygen atoms in total. The minimum absolute atomic E-state index is 0.0605. The van der Waals surface area contributed by atoms with Crippen LogP contribution in [0.3, 0.4) is 0 Å². The summed E-state index contributed by atoms with van der Waals surface area (Å²) in [5.41, 5.74) is -1.79. The van der Waals surface area contributed by atoms with Crippen molar-refractivity contribution in [3.8, 4) is 0 Å². The van der Waals surface area contributed by atoms with Gasteiger partial charge >= 0.3 is 16.2 Å². The number of likely N-dealkylation sites (N-methyl/N-ethyl adjacent to an activating group) is 2. The number of nitrogens with one attached hydrogen (secondary N) is 3. The van der Waals surface area contributed by atoms with Gasteiger partial charge in [0.25, 0.3) is 12.9 Å². The van der Waals surface area contributed by atoms with Crippen LogP contribution in [-0.2, 0) is 32.6 Å². The Bertz CT molecular complexity index is 2060. The molecule has 2 heterocycles. The van der Waals surface area contributed by atoms with Crippen LogP contribution in [-0.4, -0.2) is 62.4 Å². The zero-order chi connectivity index (χ0) is 39.9. The lowest BCUT2D eigenvalue weighted by molar-refractivity contribution is -0.120. The van der Waals surface area contributed by atoms with Gasteiger partial charge in [0.15, 0.2) is 0 Å². The number of alkyl halides is 4. The molecule has 4 aromatic rings. The Hall–Kier alpha value is -5.70. The van der Waals surface area contributed by atoms with Crippen LogP contribution in [0.15, 0.2) is 73.1 Å². The minimum Gasteiger partial charge on any atom is -0.325 e. The number of anilines is 2. The molecule has 288 valence electrons. The molecule has 0 fully saturated rings. The van der Waals surface area contributed by atoms with Crippen LogP contribution in [0.5, 0.6) is 0 Å². The van der Waals surface area contributed by atoms with Gasteiger partial charge in [-0.1, -0.05) is 0 Å². The molecule has 0 radical (unpaired) electrons. The number of nitrogens with zero attached hydrogens (tertiary/aromatic N) is 4. The molecule has 2 atom stereocenters. The third kappa shape index (κ3) is 11.2. The lowest BCUT2D eigenvalue weighted by Gasteiger charge is -2.26. The fourth-order valence-corrected chi connectivity index (χ4v) is 5.93. The van der Waals surface area contributed by atoms with Crippen LogP contribution in [0.25, 0.3) is 0 Å². The molecule has 0 aliphatic carbocycles. The number of urea groups is 1. The van der Waals surface area contributed by atoms with Crippen molar-refractivity contribution in [3.05, 3.63) is 119 Å². The van der Waals surface area contributed by atoms with E-state index in [9.17, 15) is 57.9 Å². The van der Waals surface area contributed by atoms with Crippen LogP contribution >= 0.6 is 0 Å². The summed E-state index contributed by atoms with van der Waals surface area (Å²) in [6.07, 6.45) is -5.41. The van der Waals surface area contributed by atoms with Gasteiger partial charge in [-0.25, -0.2) is 44.6 Å². The predicted molar refractivity (Wildman–Crippen MR) is 177 cm³/mol. The van der Waals surface area contributed by atoms with Gasteiger partial charge in [0, 0.05) is 32.6 Å². The standard InChI is InChI=1S/C33H29F8N7O5S/c1-47(23-3-5-25(29(38)39)42-15-23)31(49)27(11-17-7-19(34)13-20(35)8-17)44-33(51)46-54(52,53)45-28(12-18-9-21(36)14-22(37)10-18)32(50)48(2)24-4-6-26(30(40)41)43-16-24/h3-10,13-16,27-30,45H,11-12H2,1-2H3,(H2,44,46,51)/t27-,28-/m0/s1.